The molecule has 0 amide bonds. The first-order valence-electron chi connectivity index (χ1n) is 2.87. The topological polar surface area (TPSA) is 21.6 Å². The van der Waals surface area contributed by atoms with Crippen LogP contribution in [0.4, 0.5) is 0 Å². The first-order chi connectivity index (χ1) is 3.77. The Morgan fingerprint density at radius 3 is 2.62 bits per heavy atom. The molecule has 48 valence electrons. The maximum Gasteiger partial charge on any atom is 0.119 e. The van der Waals surface area contributed by atoms with Gasteiger partial charge in [-0.3, -0.25) is 0 Å². The van der Waals surface area contributed by atoms with Crippen LogP contribution < -0.4 is 0 Å². The van der Waals surface area contributed by atoms with E-state index in [-0.39, 0.29) is 0 Å². The molecule has 0 aliphatic rings. The molecule has 0 aromatic rings. The monoisotopic (exact) mass is 115 g/mol. The number of rotatable bonds is 3. The highest BCUT2D eigenvalue weighted by atomic mass is 16.6. The van der Waals surface area contributed by atoms with Gasteiger partial charge in [0.25, 0.3) is 0 Å². The lowest BCUT2D eigenvalue weighted by molar-refractivity contribution is 0.119. The molecule has 0 spiro atoms. The molecule has 0 aromatic carbocycles. The average molecular weight is 115 g/mol. The molecule has 0 rings (SSSR count). The predicted octanol–water partition coefficient (Wildman–Crippen LogP) is 1.66. The van der Waals surface area contributed by atoms with Crippen molar-refractivity contribution in [3.8, 4) is 0 Å². The maximum atomic E-state index is 4.81. The van der Waals surface area contributed by atoms with Gasteiger partial charge in [0.1, 0.15) is 6.61 Å². The van der Waals surface area contributed by atoms with Gasteiger partial charge < -0.3 is 4.84 Å². The Morgan fingerprint density at radius 2 is 2.25 bits per heavy atom. The molecule has 0 aromatic heterocycles. The molecule has 0 radical (unpaired) electrons. The summed E-state index contributed by atoms with van der Waals surface area (Å²) >= 11 is 0. The van der Waals surface area contributed by atoms with Crippen molar-refractivity contribution in [3.63, 3.8) is 0 Å². The fourth-order valence-electron chi connectivity index (χ4n) is 0.267. The summed E-state index contributed by atoms with van der Waals surface area (Å²) < 4.78 is 0. The molecule has 8 heavy (non-hydrogen) atoms. The second-order valence-corrected chi connectivity index (χ2v) is 2.05. The van der Waals surface area contributed by atoms with Crippen LogP contribution >= 0.6 is 0 Å². The van der Waals surface area contributed by atoms with Crippen molar-refractivity contribution < 1.29 is 4.84 Å². The quantitative estimate of drug-likeness (QED) is 0.405. The molecule has 0 N–H and O–H groups in total. The van der Waals surface area contributed by atoms with Gasteiger partial charge in [-0.15, -0.1) is 0 Å². The molecule has 0 bridgehead atoms. The van der Waals surface area contributed by atoms with E-state index in [1.165, 1.54) is 0 Å². The van der Waals surface area contributed by atoms with Gasteiger partial charge in [0.05, 0.1) is 0 Å². The zero-order valence-electron chi connectivity index (χ0n) is 5.72. The van der Waals surface area contributed by atoms with Gasteiger partial charge in [0.15, 0.2) is 0 Å². The average Bonchev–Trinajstić information content (AvgIpc) is 1.66. The van der Waals surface area contributed by atoms with Gasteiger partial charge in [-0.05, 0) is 12.8 Å². The van der Waals surface area contributed by atoms with Gasteiger partial charge in [-0.25, -0.2) is 0 Å². The van der Waals surface area contributed by atoms with Crippen molar-refractivity contribution in [2.75, 3.05) is 6.61 Å². The molecule has 2 nitrogen and oxygen atoms in total. The van der Waals surface area contributed by atoms with Crippen LogP contribution in [0.2, 0.25) is 0 Å². The van der Waals surface area contributed by atoms with E-state index in [0.29, 0.717) is 12.5 Å². The molecule has 0 heterocycles. The molecule has 0 saturated carbocycles. The summed E-state index contributed by atoms with van der Waals surface area (Å²) in [4.78, 5) is 4.81. The first kappa shape index (κ1) is 7.47. The van der Waals surface area contributed by atoms with Crippen LogP contribution in [0, 0.1) is 5.92 Å². The number of hydrogen-bond acceptors (Lipinski definition) is 2. The molecule has 0 saturated heterocycles. The Hall–Kier alpha value is -0.530. The molecular weight excluding hydrogens is 102 g/mol. The summed E-state index contributed by atoms with van der Waals surface area (Å²) in [6, 6.07) is 0. The van der Waals surface area contributed by atoms with Gasteiger partial charge in [-0.1, -0.05) is 19.0 Å². The van der Waals surface area contributed by atoms with Crippen LogP contribution in [0.15, 0.2) is 5.16 Å². The summed E-state index contributed by atoms with van der Waals surface area (Å²) in [5, 5.41) is 3.59. The summed E-state index contributed by atoms with van der Waals surface area (Å²) in [6.07, 6.45) is 1.64. The van der Waals surface area contributed by atoms with Gasteiger partial charge in [-0.2, -0.15) is 0 Å². The SMILES string of the molecule is C/C=N/OCC(C)C. The second-order valence-electron chi connectivity index (χ2n) is 2.05. The van der Waals surface area contributed by atoms with Crippen LogP contribution in [0.3, 0.4) is 0 Å². The number of nitrogens with zero attached hydrogens (tertiary/aromatic N) is 1. The fourth-order valence-corrected chi connectivity index (χ4v) is 0.267. The van der Waals surface area contributed by atoms with E-state index in [9.17, 15) is 0 Å². The van der Waals surface area contributed by atoms with Gasteiger partial charge >= 0.3 is 0 Å². The van der Waals surface area contributed by atoms with Crippen molar-refractivity contribution in [2.45, 2.75) is 20.8 Å². The smallest absolute Gasteiger partial charge is 0.119 e. The molecule has 0 atom stereocenters. The number of oxime groups is 1. The van der Waals surface area contributed by atoms with E-state index in [1.54, 1.807) is 6.21 Å². The minimum absolute atomic E-state index is 0.568. The fraction of sp³-hybridized carbons (Fsp3) is 0.833. The van der Waals surface area contributed by atoms with Crippen LogP contribution in [0.1, 0.15) is 20.8 Å². The Kier molecular flexibility index (Phi) is 4.32. The van der Waals surface area contributed by atoms with E-state index in [4.69, 9.17) is 4.84 Å². The highest BCUT2D eigenvalue weighted by molar-refractivity contribution is 5.52. The Bertz CT molecular complexity index is 68.9. The van der Waals surface area contributed by atoms with Crippen molar-refractivity contribution in [2.24, 2.45) is 11.1 Å². The van der Waals surface area contributed by atoms with Crippen molar-refractivity contribution in [1.82, 2.24) is 0 Å². The first-order valence-corrected chi connectivity index (χ1v) is 2.87. The normalized spacial score (nSPS) is 11.0. The van der Waals surface area contributed by atoms with E-state index < -0.39 is 0 Å². The zero-order chi connectivity index (χ0) is 6.41. The molecule has 0 fully saturated rings. The Morgan fingerprint density at radius 1 is 1.62 bits per heavy atom. The van der Waals surface area contributed by atoms with Gasteiger partial charge in [0.2, 0.25) is 0 Å². The van der Waals surface area contributed by atoms with Crippen LogP contribution in [0.5, 0.6) is 0 Å². The third-order valence-corrected chi connectivity index (χ3v) is 0.588. The van der Waals surface area contributed by atoms with E-state index >= 15 is 0 Å². The number of hydrogen-bond donors (Lipinski definition) is 0. The maximum absolute atomic E-state index is 4.81. The predicted molar refractivity (Wildman–Crippen MR) is 35.0 cm³/mol. The third kappa shape index (κ3) is 5.47. The molecule has 0 unspecified atom stereocenters. The van der Waals surface area contributed by atoms with Crippen molar-refractivity contribution in [3.05, 3.63) is 0 Å². The van der Waals surface area contributed by atoms with Crippen LogP contribution in [-0.4, -0.2) is 12.8 Å². The zero-order valence-corrected chi connectivity index (χ0v) is 5.72. The second kappa shape index (κ2) is 4.62. The lowest BCUT2D eigenvalue weighted by atomic mass is 10.2. The molecular formula is C6H13NO. The summed E-state index contributed by atoms with van der Waals surface area (Å²) in [7, 11) is 0. The van der Waals surface area contributed by atoms with Crippen molar-refractivity contribution >= 4 is 6.21 Å². The van der Waals surface area contributed by atoms with E-state index in [2.05, 4.69) is 19.0 Å². The lowest BCUT2D eigenvalue weighted by Crippen LogP contribution is -1.96. The molecule has 2 heteroatoms. The third-order valence-electron chi connectivity index (χ3n) is 0.588. The Balaban J connectivity index is 2.93. The van der Waals surface area contributed by atoms with E-state index in [1.807, 2.05) is 6.92 Å². The highest BCUT2D eigenvalue weighted by Gasteiger charge is 1.89. The standard InChI is InChI=1S/C6H13NO/c1-4-7-8-5-6(2)3/h4,6H,5H2,1-3H3/b7-4+. The van der Waals surface area contributed by atoms with Gasteiger partial charge in [0, 0.05) is 6.21 Å². The highest BCUT2D eigenvalue weighted by Crippen LogP contribution is 1.90. The lowest BCUT2D eigenvalue weighted by Gasteiger charge is -1.99. The Labute approximate surface area is 50.5 Å². The summed E-state index contributed by atoms with van der Waals surface area (Å²) in [5.74, 6) is 0.568. The largest absolute Gasteiger partial charge is 0.396 e. The minimum Gasteiger partial charge on any atom is -0.396 e. The van der Waals surface area contributed by atoms with Crippen LogP contribution in [0.25, 0.3) is 0 Å². The molecule has 0 aliphatic carbocycles. The summed E-state index contributed by atoms with van der Waals surface area (Å²) in [6.45, 7) is 6.72. The molecule has 0 aliphatic heterocycles. The van der Waals surface area contributed by atoms with Crippen LogP contribution in [-0.2, 0) is 4.84 Å². The van der Waals surface area contributed by atoms with Crippen molar-refractivity contribution in [1.29, 1.82) is 0 Å². The van der Waals surface area contributed by atoms with E-state index in [0.717, 1.165) is 0 Å². The summed E-state index contributed by atoms with van der Waals surface area (Å²) in [5.41, 5.74) is 0. The minimum atomic E-state index is 0.568.